The molecule has 2 N–H and O–H groups in total. The number of fused-ring (bicyclic) bond motifs is 1. The van der Waals surface area contributed by atoms with Crippen molar-refractivity contribution >= 4 is 10.8 Å². The highest BCUT2D eigenvalue weighted by Gasteiger charge is 2.26. The van der Waals surface area contributed by atoms with Crippen LogP contribution in [0.15, 0.2) is 109 Å². The Hall–Kier alpha value is -3.38. The number of para-hydroxylation sites is 2. The zero-order valence-electron chi connectivity index (χ0n) is 18.5. The molecule has 0 aromatic heterocycles. The SMILES string of the molecule is C(OCC1CO1)C1CO1.Oc1ccccc1.Oc1ccccc1.c1ccc2ccccc2c1. The number of ether oxygens (including phenoxy) is 3. The van der Waals surface area contributed by atoms with E-state index in [1.807, 2.05) is 12.1 Å². The number of phenolic OH excluding ortho intramolecular Hbond substituents is 2. The van der Waals surface area contributed by atoms with E-state index in [9.17, 15) is 0 Å². The number of aromatic hydroxyl groups is 2. The van der Waals surface area contributed by atoms with Crippen molar-refractivity contribution in [1.29, 1.82) is 0 Å². The molecular formula is C28H30O5. The molecular weight excluding hydrogens is 416 g/mol. The van der Waals surface area contributed by atoms with Crippen molar-refractivity contribution in [2.45, 2.75) is 12.2 Å². The molecule has 0 radical (unpaired) electrons. The third-order valence-corrected chi connectivity index (χ3v) is 4.58. The summed E-state index contributed by atoms with van der Waals surface area (Å²) in [5.74, 6) is 0.644. The average molecular weight is 447 g/mol. The molecule has 6 rings (SSSR count). The van der Waals surface area contributed by atoms with Crippen LogP contribution in [-0.2, 0) is 14.2 Å². The van der Waals surface area contributed by atoms with E-state index in [1.54, 1.807) is 48.5 Å². The number of epoxide rings is 2. The Morgan fingerprint density at radius 2 is 0.848 bits per heavy atom. The van der Waals surface area contributed by atoms with E-state index in [2.05, 4.69) is 48.5 Å². The molecule has 0 saturated carbocycles. The van der Waals surface area contributed by atoms with Gasteiger partial charge in [-0.3, -0.25) is 0 Å². The summed E-state index contributed by atoms with van der Waals surface area (Å²) >= 11 is 0. The van der Waals surface area contributed by atoms with Gasteiger partial charge in [0.15, 0.2) is 0 Å². The van der Waals surface area contributed by atoms with E-state index in [-0.39, 0.29) is 0 Å². The van der Waals surface area contributed by atoms with Gasteiger partial charge < -0.3 is 24.4 Å². The number of hydrogen-bond donors (Lipinski definition) is 2. The fourth-order valence-electron chi connectivity index (χ4n) is 2.65. The summed E-state index contributed by atoms with van der Waals surface area (Å²) in [6.07, 6.45) is 0.785. The molecule has 5 heteroatoms. The molecule has 2 saturated heterocycles. The summed E-state index contributed by atoms with van der Waals surface area (Å²) in [5, 5.41) is 19.9. The second kappa shape index (κ2) is 13.9. The zero-order chi connectivity index (χ0) is 23.1. The number of hydrogen-bond acceptors (Lipinski definition) is 5. The predicted molar refractivity (Wildman–Crippen MR) is 130 cm³/mol. The van der Waals surface area contributed by atoms with Crippen molar-refractivity contribution in [3.05, 3.63) is 109 Å². The van der Waals surface area contributed by atoms with Gasteiger partial charge in [0.2, 0.25) is 0 Å². The quantitative estimate of drug-likeness (QED) is 0.409. The molecule has 2 heterocycles. The molecule has 5 nitrogen and oxygen atoms in total. The average Bonchev–Trinajstić information content (AvgIpc) is 3.78. The van der Waals surface area contributed by atoms with Gasteiger partial charge in [-0.05, 0) is 35.0 Å². The van der Waals surface area contributed by atoms with Crippen LogP contribution in [0.4, 0.5) is 0 Å². The van der Waals surface area contributed by atoms with E-state index in [4.69, 9.17) is 24.4 Å². The Bertz CT molecular complexity index is 917. The summed E-state index contributed by atoms with van der Waals surface area (Å²) in [7, 11) is 0. The van der Waals surface area contributed by atoms with Gasteiger partial charge in [-0.2, -0.15) is 0 Å². The molecule has 2 aliphatic heterocycles. The fourth-order valence-corrected chi connectivity index (χ4v) is 2.65. The minimum absolute atomic E-state index is 0.322. The smallest absolute Gasteiger partial charge is 0.115 e. The standard InChI is InChI=1S/C10H8.C6H10O3.2C6H6O/c1-2-6-10-8-4-3-7-9(10)5-1;1(5-3-8-5)7-2-6-4-9-6;2*7-6-4-2-1-3-5-6/h1-8H;5-6H,1-4H2;2*1-5,7H. The lowest BCUT2D eigenvalue weighted by atomic mass is 10.1. The first-order valence-corrected chi connectivity index (χ1v) is 10.9. The van der Waals surface area contributed by atoms with E-state index >= 15 is 0 Å². The second-order valence-corrected chi connectivity index (χ2v) is 7.47. The van der Waals surface area contributed by atoms with Crippen LogP contribution >= 0.6 is 0 Å². The van der Waals surface area contributed by atoms with Crippen molar-refractivity contribution < 1.29 is 24.4 Å². The lowest BCUT2D eigenvalue weighted by Crippen LogP contribution is -2.06. The fraction of sp³-hybridized carbons (Fsp3) is 0.214. The Morgan fingerprint density at radius 3 is 1.09 bits per heavy atom. The Kier molecular flexibility index (Phi) is 10.2. The lowest BCUT2D eigenvalue weighted by molar-refractivity contribution is 0.102. The van der Waals surface area contributed by atoms with Gasteiger partial charge in [0.05, 0.1) is 26.4 Å². The molecule has 0 bridgehead atoms. The maximum atomic E-state index is 8.63. The van der Waals surface area contributed by atoms with Gasteiger partial charge in [0, 0.05) is 0 Å². The minimum atomic E-state index is 0.322. The Morgan fingerprint density at radius 1 is 0.545 bits per heavy atom. The van der Waals surface area contributed by atoms with Crippen LogP contribution in [-0.4, -0.2) is 48.8 Å². The van der Waals surface area contributed by atoms with Crippen LogP contribution < -0.4 is 0 Å². The largest absolute Gasteiger partial charge is 0.508 e. The summed E-state index contributed by atoms with van der Waals surface area (Å²) in [4.78, 5) is 0. The molecule has 0 amide bonds. The highest BCUT2D eigenvalue weighted by atomic mass is 16.6. The Balaban J connectivity index is 0.000000125. The van der Waals surface area contributed by atoms with Crippen molar-refractivity contribution in [3.8, 4) is 11.5 Å². The number of rotatable bonds is 4. The summed E-state index contributed by atoms with van der Waals surface area (Å²) in [5.41, 5.74) is 0. The van der Waals surface area contributed by atoms with E-state index < -0.39 is 0 Å². The third-order valence-electron chi connectivity index (χ3n) is 4.58. The molecule has 172 valence electrons. The van der Waals surface area contributed by atoms with Gasteiger partial charge in [-0.25, -0.2) is 0 Å². The minimum Gasteiger partial charge on any atom is -0.508 e. The maximum Gasteiger partial charge on any atom is 0.115 e. The highest BCUT2D eigenvalue weighted by molar-refractivity contribution is 5.82. The highest BCUT2D eigenvalue weighted by Crippen LogP contribution is 2.13. The summed E-state index contributed by atoms with van der Waals surface area (Å²) in [6, 6.07) is 34.1. The van der Waals surface area contributed by atoms with Crippen LogP contribution in [0, 0.1) is 0 Å². The molecule has 4 aromatic carbocycles. The normalized spacial score (nSPS) is 17.2. The zero-order valence-corrected chi connectivity index (χ0v) is 18.5. The van der Waals surface area contributed by atoms with Crippen LogP contribution in [0.3, 0.4) is 0 Å². The Labute approximate surface area is 194 Å². The summed E-state index contributed by atoms with van der Waals surface area (Å²) < 4.78 is 15.1. The molecule has 2 aliphatic rings. The number of benzene rings is 4. The van der Waals surface area contributed by atoms with Crippen molar-refractivity contribution in [2.75, 3.05) is 26.4 Å². The van der Waals surface area contributed by atoms with Crippen LogP contribution in [0.5, 0.6) is 11.5 Å². The molecule has 2 unspecified atom stereocenters. The van der Waals surface area contributed by atoms with Crippen molar-refractivity contribution in [2.24, 2.45) is 0 Å². The monoisotopic (exact) mass is 446 g/mol. The van der Waals surface area contributed by atoms with E-state index in [1.165, 1.54) is 10.8 Å². The van der Waals surface area contributed by atoms with Gasteiger partial charge in [-0.1, -0.05) is 84.9 Å². The second-order valence-electron chi connectivity index (χ2n) is 7.47. The van der Waals surface area contributed by atoms with Crippen molar-refractivity contribution in [1.82, 2.24) is 0 Å². The summed E-state index contributed by atoms with van der Waals surface area (Å²) in [6.45, 7) is 3.26. The third kappa shape index (κ3) is 11.2. The van der Waals surface area contributed by atoms with Gasteiger partial charge in [-0.15, -0.1) is 0 Å². The molecule has 0 spiro atoms. The molecule has 0 aliphatic carbocycles. The van der Waals surface area contributed by atoms with Gasteiger partial charge >= 0.3 is 0 Å². The molecule has 2 atom stereocenters. The topological polar surface area (TPSA) is 74.8 Å². The van der Waals surface area contributed by atoms with E-state index in [0.717, 1.165) is 26.4 Å². The number of phenols is 2. The van der Waals surface area contributed by atoms with Gasteiger partial charge in [0.1, 0.15) is 23.7 Å². The lowest BCUT2D eigenvalue weighted by Gasteiger charge is -1.95. The van der Waals surface area contributed by atoms with Crippen LogP contribution in [0.25, 0.3) is 10.8 Å². The van der Waals surface area contributed by atoms with Crippen LogP contribution in [0.1, 0.15) is 0 Å². The first kappa shape index (κ1) is 24.3. The van der Waals surface area contributed by atoms with Crippen molar-refractivity contribution in [3.63, 3.8) is 0 Å². The molecule has 2 fully saturated rings. The van der Waals surface area contributed by atoms with Gasteiger partial charge in [0.25, 0.3) is 0 Å². The first-order chi connectivity index (χ1) is 16.2. The predicted octanol–water partition coefficient (Wildman–Crippen LogP) is 5.42. The first-order valence-electron chi connectivity index (χ1n) is 10.9. The molecule has 4 aromatic rings. The molecule has 33 heavy (non-hydrogen) atoms. The van der Waals surface area contributed by atoms with Crippen LogP contribution in [0.2, 0.25) is 0 Å². The van der Waals surface area contributed by atoms with E-state index in [0.29, 0.717) is 23.7 Å². The maximum absolute atomic E-state index is 8.63.